The smallest absolute Gasteiger partial charge is 0.337 e. The van der Waals surface area contributed by atoms with Gasteiger partial charge >= 0.3 is 5.97 Å². The van der Waals surface area contributed by atoms with Gasteiger partial charge < -0.3 is 29.3 Å². The Labute approximate surface area is 265 Å². The molecule has 2 aromatic carbocycles. The summed E-state index contributed by atoms with van der Waals surface area (Å²) in [6.07, 6.45) is 5.15. The fourth-order valence-electron chi connectivity index (χ4n) is 5.96. The number of ether oxygens (including phenoxy) is 3. The van der Waals surface area contributed by atoms with Gasteiger partial charge in [-0.25, -0.2) is 9.78 Å². The minimum Gasteiger partial charge on any atom is -0.473 e. The summed E-state index contributed by atoms with van der Waals surface area (Å²) < 4.78 is 35.2. The maximum absolute atomic E-state index is 13.7. The van der Waals surface area contributed by atoms with Gasteiger partial charge in [0.25, 0.3) is 6.01 Å². The second kappa shape index (κ2) is 13.9. The number of hydrogen-bond donors (Lipinski definition) is 2. The van der Waals surface area contributed by atoms with E-state index in [-0.39, 0.29) is 30.5 Å². The van der Waals surface area contributed by atoms with Crippen molar-refractivity contribution in [3.8, 4) is 5.88 Å². The number of aromatic nitrogens is 1. The van der Waals surface area contributed by atoms with Crippen molar-refractivity contribution >= 4 is 45.8 Å². The Morgan fingerprint density at radius 1 is 1.04 bits per heavy atom. The number of halogens is 2. The normalized spacial score (nSPS) is 19.5. The van der Waals surface area contributed by atoms with Crippen LogP contribution >= 0.6 is 11.6 Å². The van der Waals surface area contributed by atoms with E-state index >= 15 is 0 Å². The van der Waals surface area contributed by atoms with Crippen molar-refractivity contribution in [2.24, 2.45) is 5.92 Å². The molecule has 1 saturated heterocycles. The second-order valence-corrected chi connectivity index (χ2v) is 12.0. The summed E-state index contributed by atoms with van der Waals surface area (Å²) in [5.74, 6) is 0.511. The zero-order valence-corrected chi connectivity index (χ0v) is 25.7. The second-order valence-electron chi connectivity index (χ2n) is 11.6. The molecule has 1 saturated carbocycles. The molecule has 0 radical (unpaired) electrons. The molecule has 2 fully saturated rings. The summed E-state index contributed by atoms with van der Waals surface area (Å²) in [5, 5.41) is 7.27. The SMILES string of the molecule is COC(=O)c1ccc(NC(=O)CC2CCC(c3cccc(OCc4ccc(Cl)c5cc(F)oc45)n3)CC2)c(NC[C@@H]2CCO2)c1. The van der Waals surface area contributed by atoms with Gasteiger partial charge in [-0.15, -0.1) is 0 Å². The summed E-state index contributed by atoms with van der Waals surface area (Å²) in [5.41, 5.74) is 3.70. The molecular weight excluding hydrogens is 601 g/mol. The first-order chi connectivity index (χ1) is 21.9. The number of fused-ring (bicyclic) bond motifs is 1. The van der Waals surface area contributed by atoms with Crippen LogP contribution in [0.1, 0.15) is 66.1 Å². The summed E-state index contributed by atoms with van der Waals surface area (Å²) in [6.45, 7) is 1.50. The number of rotatable bonds is 11. The van der Waals surface area contributed by atoms with Gasteiger partial charge in [0.2, 0.25) is 11.8 Å². The van der Waals surface area contributed by atoms with Crippen molar-refractivity contribution in [1.82, 2.24) is 4.98 Å². The quantitative estimate of drug-likeness (QED) is 0.163. The van der Waals surface area contributed by atoms with Crippen LogP contribution in [0.4, 0.5) is 15.8 Å². The highest BCUT2D eigenvalue weighted by molar-refractivity contribution is 6.35. The highest BCUT2D eigenvalue weighted by Gasteiger charge is 2.26. The number of nitrogens with one attached hydrogen (secondary N) is 2. The van der Waals surface area contributed by atoms with Crippen LogP contribution in [0.25, 0.3) is 11.0 Å². The van der Waals surface area contributed by atoms with E-state index in [1.54, 1.807) is 36.4 Å². The molecule has 6 rings (SSSR count). The van der Waals surface area contributed by atoms with Gasteiger partial charge in [0.15, 0.2) is 0 Å². The number of anilines is 2. The van der Waals surface area contributed by atoms with Crippen molar-refractivity contribution in [1.29, 1.82) is 0 Å². The van der Waals surface area contributed by atoms with Crippen molar-refractivity contribution in [2.75, 3.05) is 30.9 Å². The highest BCUT2D eigenvalue weighted by atomic mass is 35.5. The number of nitrogens with zero attached hydrogens (tertiary/aromatic N) is 1. The van der Waals surface area contributed by atoms with Gasteiger partial charge in [-0.3, -0.25) is 4.79 Å². The Morgan fingerprint density at radius 2 is 1.87 bits per heavy atom. The Kier molecular flexibility index (Phi) is 9.51. The van der Waals surface area contributed by atoms with Crippen molar-refractivity contribution in [2.45, 2.75) is 57.2 Å². The molecule has 1 atom stereocenters. The van der Waals surface area contributed by atoms with Crippen LogP contribution in [-0.2, 0) is 20.9 Å². The lowest BCUT2D eigenvalue weighted by Gasteiger charge is -2.28. The Balaban J connectivity index is 1.02. The van der Waals surface area contributed by atoms with Crippen molar-refractivity contribution in [3.05, 3.63) is 82.5 Å². The third-order valence-corrected chi connectivity index (χ3v) is 8.90. The molecule has 1 amide bonds. The summed E-state index contributed by atoms with van der Waals surface area (Å²) >= 11 is 6.17. The number of carbonyl (C=O) groups excluding carboxylic acids is 2. The molecular formula is C34H35ClFN3O6. The largest absolute Gasteiger partial charge is 0.473 e. The topological polar surface area (TPSA) is 112 Å². The van der Waals surface area contributed by atoms with Gasteiger partial charge in [-0.2, -0.15) is 4.39 Å². The van der Waals surface area contributed by atoms with E-state index in [1.165, 1.54) is 13.2 Å². The first-order valence-electron chi connectivity index (χ1n) is 15.2. The summed E-state index contributed by atoms with van der Waals surface area (Å²) in [4.78, 5) is 29.9. The Hall–Kier alpha value is -4.15. The Bertz CT molecular complexity index is 1680. The average molecular weight is 636 g/mol. The van der Waals surface area contributed by atoms with Gasteiger partial charge in [0.05, 0.1) is 35.2 Å². The molecule has 11 heteroatoms. The van der Waals surface area contributed by atoms with Gasteiger partial charge in [-0.1, -0.05) is 23.7 Å². The van der Waals surface area contributed by atoms with Crippen LogP contribution in [0.15, 0.2) is 59.0 Å². The molecule has 4 aromatic rings. The third-order valence-electron chi connectivity index (χ3n) is 8.57. The molecule has 1 aliphatic carbocycles. The van der Waals surface area contributed by atoms with Crippen LogP contribution in [0.5, 0.6) is 5.88 Å². The standard InChI is InChI=1S/C34H35ClFN3O6/c1-42-34(41)22-10-12-28(29(16-22)37-18-24-13-14-43-24)38-31(40)15-20-5-7-21(8-6-20)27-3-2-4-32(39-27)44-19-23-9-11-26(35)25-17-30(36)45-33(23)25/h2-4,9-12,16-17,20-21,24,37H,5-8,13-15,18-19H2,1H3,(H,38,40)/t20?,21?,24-/m0/s1. The number of carbonyl (C=O) groups is 2. The first-order valence-corrected chi connectivity index (χ1v) is 15.6. The molecule has 3 heterocycles. The van der Waals surface area contributed by atoms with Crippen molar-refractivity contribution < 1.29 is 32.6 Å². The van der Waals surface area contributed by atoms with Crippen LogP contribution in [0.2, 0.25) is 5.02 Å². The molecule has 2 aromatic heterocycles. The van der Waals surface area contributed by atoms with Crippen molar-refractivity contribution in [3.63, 3.8) is 0 Å². The molecule has 2 aliphatic rings. The number of hydrogen-bond acceptors (Lipinski definition) is 8. The van der Waals surface area contributed by atoms with E-state index in [4.69, 9.17) is 35.2 Å². The molecule has 0 spiro atoms. The summed E-state index contributed by atoms with van der Waals surface area (Å²) in [6, 6.07) is 14.8. The van der Waals surface area contributed by atoms with Gasteiger partial charge in [-0.05, 0) is 68.4 Å². The number of benzene rings is 2. The number of methoxy groups -OCH3 is 1. The predicted molar refractivity (Wildman–Crippen MR) is 168 cm³/mol. The monoisotopic (exact) mass is 635 g/mol. The van der Waals surface area contributed by atoms with E-state index in [2.05, 4.69) is 10.6 Å². The molecule has 1 aliphatic heterocycles. The van der Waals surface area contributed by atoms with Crippen LogP contribution < -0.4 is 15.4 Å². The molecule has 236 valence electrons. The molecule has 45 heavy (non-hydrogen) atoms. The molecule has 2 N–H and O–H groups in total. The lowest BCUT2D eigenvalue weighted by atomic mass is 9.79. The maximum Gasteiger partial charge on any atom is 0.337 e. The van der Waals surface area contributed by atoms with Gasteiger partial charge in [0, 0.05) is 54.3 Å². The van der Waals surface area contributed by atoms with E-state index in [9.17, 15) is 14.0 Å². The number of pyridine rings is 1. The maximum atomic E-state index is 13.7. The van der Waals surface area contributed by atoms with Crippen LogP contribution in [0.3, 0.4) is 0 Å². The van der Waals surface area contributed by atoms with Gasteiger partial charge in [0.1, 0.15) is 12.2 Å². The lowest BCUT2D eigenvalue weighted by Crippen LogP contribution is -2.33. The zero-order valence-electron chi connectivity index (χ0n) is 24.9. The first kappa shape index (κ1) is 30.9. The number of amides is 1. The minimum atomic E-state index is -0.696. The fourth-order valence-corrected chi connectivity index (χ4v) is 6.16. The van der Waals surface area contributed by atoms with E-state index in [0.717, 1.165) is 44.4 Å². The molecule has 0 unspecified atom stereocenters. The predicted octanol–water partition coefficient (Wildman–Crippen LogP) is 7.49. The molecule has 9 nitrogen and oxygen atoms in total. The van der Waals surface area contributed by atoms with E-state index in [0.29, 0.717) is 57.3 Å². The number of furan rings is 1. The Morgan fingerprint density at radius 3 is 2.62 bits per heavy atom. The number of esters is 1. The third kappa shape index (κ3) is 7.40. The highest BCUT2D eigenvalue weighted by Crippen LogP contribution is 2.37. The van der Waals surface area contributed by atoms with E-state index < -0.39 is 12.0 Å². The summed E-state index contributed by atoms with van der Waals surface area (Å²) in [7, 11) is 1.34. The molecule has 0 bridgehead atoms. The van der Waals surface area contributed by atoms with Crippen LogP contribution in [-0.4, -0.2) is 43.2 Å². The fraction of sp³-hybridized carbons (Fsp3) is 0.382. The zero-order chi connectivity index (χ0) is 31.3. The van der Waals surface area contributed by atoms with Crippen LogP contribution in [0, 0.1) is 11.9 Å². The van der Waals surface area contributed by atoms with E-state index in [1.807, 2.05) is 12.1 Å². The minimum absolute atomic E-state index is 0.0616. The average Bonchev–Trinajstić information content (AvgIpc) is 3.43. The lowest BCUT2D eigenvalue weighted by molar-refractivity contribution is -0.117.